The highest BCUT2D eigenvalue weighted by Crippen LogP contribution is 2.32. The van der Waals surface area contributed by atoms with Crippen LogP contribution in [0.1, 0.15) is 45.3 Å². The molecule has 7 heteroatoms. The lowest BCUT2D eigenvalue weighted by Crippen LogP contribution is -2.13. The number of para-hydroxylation sites is 1. The van der Waals surface area contributed by atoms with Crippen LogP contribution in [0.2, 0.25) is 5.02 Å². The Bertz CT molecular complexity index is 707. The number of methoxy groups -OCH3 is 1. The molecule has 2 rings (SSSR count). The average molecular weight is 352 g/mol. The molecule has 1 aromatic carbocycles. The molecule has 0 aliphatic carbocycles. The minimum Gasteiger partial charge on any atom is -0.493 e. The number of benzene rings is 1. The summed E-state index contributed by atoms with van der Waals surface area (Å²) in [5.74, 6) is 1.56. The highest BCUT2D eigenvalue weighted by Gasteiger charge is 2.20. The molecule has 24 heavy (non-hydrogen) atoms. The van der Waals surface area contributed by atoms with Crippen molar-refractivity contribution in [2.45, 2.75) is 45.4 Å². The van der Waals surface area contributed by atoms with Gasteiger partial charge >= 0.3 is 0 Å². The van der Waals surface area contributed by atoms with Crippen LogP contribution in [-0.4, -0.2) is 23.2 Å². The monoisotopic (exact) mass is 351 g/mol. The first kappa shape index (κ1) is 18.3. The van der Waals surface area contributed by atoms with E-state index >= 15 is 0 Å². The van der Waals surface area contributed by atoms with Gasteiger partial charge < -0.3 is 14.6 Å². The van der Waals surface area contributed by atoms with Gasteiger partial charge in [0.15, 0.2) is 11.6 Å². The molecule has 0 aliphatic heterocycles. The zero-order chi connectivity index (χ0) is 17.7. The summed E-state index contributed by atoms with van der Waals surface area (Å²) in [5.41, 5.74) is 0.408. The van der Waals surface area contributed by atoms with E-state index < -0.39 is 0 Å². The zero-order valence-corrected chi connectivity index (χ0v) is 15.1. The van der Waals surface area contributed by atoms with Crippen LogP contribution >= 0.6 is 11.6 Å². The number of hydrogen-bond acceptors (Lipinski definition) is 5. The third-order valence-corrected chi connectivity index (χ3v) is 3.68. The predicted molar refractivity (Wildman–Crippen MR) is 92.6 cm³/mol. The van der Waals surface area contributed by atoms with Gasteiger partial charge in [0.1, 0.15) is 0 Å². The Kier molecular flexibility index (Phi) is 5.83. The first-order valence-corrected chi connectivity index (χ1v) is 8.14. The molecular formula is C17H22ClN3O3. The summed E-state index contributed by atoms with van der Waals surface area (Å²) in [6.45, 7) is 6.06. The largest absolute Gasteiger partial charge is 0.493 e. The van der Waals surface area contributed by atoms with Crippen molar-refractivity contribution in [1.82, 2.24) is 10.1 Å². The number of hydrogen-bond donors (Lipinski definition) is 1. The maximum absolute atomic E-state index is 12.1. The molecule has 1 heterocycles. The number of carbonyl (C=O) groups is 1. The van der Waals surface area contributed by atoms with Gasteiger partial charge in [-0.05, 0) is 18.6 Å². The van der Waals surface area contributed by atoms with Crippen molar-refractivity contribution in [3.8, 4) is 5.75 Å². The third kappa shape index (κ3) is 4.71. The first-order chi connectivity index (χ1) is 11.3. The number of ether oxygens (including phenoxy) is 1. The summed E-state index contributed by atoms with van der Waals surface area (Å²) < 4.78 is 10.4. The molecule has 1 amide bonds. The minimum absolute atomic E-state index is 0.119. The van der Waals surface area contributed by atoms with E-state index in [0.29, 0.717) is 47.4 Å². The van der Waals surface area contributed by atoms with Crippen LogP contribution in [0.25, 0.3) is 0 Å². The number of amides is 1. The second-order valence-corrected chi connectivity index (χ2v) is 6.89. The molecule has 0 spiro atoms. The van der Waals surface area contributed by atoms with Crippen molar-refractivity contribution in [3.05, 3.63) is 34.9 Å². The summed E-state index contributed by atoms with van der Waals surface area (Å²) in [5, 5.41) is 7.22. The van der Waals surface area contributed by atoms with Crippen LogP contribution in [-0.2, 0) is 16.6 Å². The molecule has 6 nitrogen and oxygen atoms in total. The van der Waals surface area contributed by atoms with Crippen LogP contribution in [0.3, 0.4) is 0 Å². The van der Waals surface area contributed by atoms with E-state index in [9.17, 15) is 4.79 Å². The fraction of sp³-hybridized carbons (Fsp3) is 0.471. The van der Waals surface area contributed by atoms with Gasteiger partial charge in [-0.25, -0.2) is 0 Å². The number of aryl methyl sites for hydroxylation is 1. The Hall–Kier alpha value is -2.08. The first-order valence-electron chi connectivity index (χ1n) is 7.76. The van der Waals surface area contributed by atoms with E-state index in [4.69, 9.17) is 20.9 Å². The van der Waals surface area contributed by atoms with Crippen molar-refractivity contribution in [1.29, 1.82) is 0 Å². The highest BCUT2D eigenvalue weighted by atomic mass is 35.5. The van der Waals surface area contributed by atoms with E-state index in [2.05, 4.69) is 15.5 Å². The number of carbonyl (C=O) groups excluding carboxylic acids is 1. The van der Waals surface area contributed by atoms with Crippen LogP contribution in [0.5, 0.6) is 5.75 Å². The predicted octanol–water partition coefficient (Wildman–Crippen LogP) is 3.99. The van der Waals surface area contributed by atoms with Gasteiger partial charge in [0.25, 0.3) is 0 Å². The Labute approximate surface area is 146 Å². The zero-order valence-electron chi connectivity index (χ0n) is 14.4. The average Bonchev–Trinajstić information content (AvgIpc) is 2.96. The van der Waals surface area contributed by atoms with Crippen LogP contribution in [0.15, 0.2) is 22.7 Å². The Morgan fingerprint density at radius 2 is 2.12 bits per heavy atom. The van der Waals surface area contributed by atoms with Gasteiger partial charge in [0.2, 0.25) is 11.8 Å². The summed E-state index contributed by atoms with van der Waals surface area (Å²) in [6, 6.07) is 5.21. The highest BCUT2D eigenvalue weighted by molar-refractivity contribution is 6.32. The number of anilines is 1. The maximum atomic E-state index is 12.1. The standard InChI is InChI=1S/C17H22ClN3O3/c1-17(2,3)16-20-14(24-21-16)10-6-9-13(22)19-12-8-5-7-11(18)15(12)23-4/h5,7-8H,6,9-10H2,1-4H3,(H,19,22). The number of aromatic nitrogens is 2. The molecule has 130 valence electrons. The molecule has 1 aromatic heterocycles. The smallest absolute Gasteiger partial charge is 0.226 e. The lowest BCUT2D eigenvalue weighted by Gasteiger charge is -2.11. The van der Waals surface area contributed by atoms with E-state index in [0.717, 1.165) is 0 Å². The van der Waals surface area contributed by atoms with Crippen LogP contribution in [0, 0.1) is 0 Å². The summed E-state index contributed by atoms with van der Waals surface area (Å²) in [4.78, 5) is 16.4. The molecule has 0 bridgehead atoms. The molecule has 0 aliphatic rings. The molecule has 0 atom stereocenters. The molecule has 0 fully saturated rings. The maximum Gasteiger partial charge on any atom is 0.226 e. The van der Waals surface area contributed by atoms with E-state index in [1.807, 2.05) is 20.8 Å². The molecular weight excluding hydrogens is 330 g/mol. The van der Waals surface area contributed by atoms with Crippen molar-refractivity contribution in [3.63, 3.8) is 0 Å². The quantitative estimate of drug-likeness (QED) is 0.851. The number of halogens is 1. The fourth-order valence-electron chi connectivity index (χ4n) is 2.09. The van der Waals surface area contributed by atoms with Gasteiger partial charge in [0.05, 0.1) is 17.8 Å². The van der Waals surface area contributed by atoms with Gasteiger partial charge in [-0.3, -0.25) is 4.79 Å². The van der Waals surface area contributed by atoms with Crippen molar-refractivity contribution in [2.75, 3.05) is 12.4 Å². The molecule has 0 radical (unpaired) electrons. The Morgan fingerprint density at radius 3 is 2.75 bits per heavy atom. The van der Waals surface area contributed by atoms with E-state index in [1.165, 1.54) is 7.11 Å². The third-order valence-electron chi connectivity index (χ3n) is 3.38. The van der Waals surface area contributed by atoms with E-state index in [1.54, 1.807) is 18.2 Å². The molecule has 0 saturated heterocycles. The summed E-state index contributed by atoms with van der Waals surface area (Å²) in [7, 11) is 1.51. The van der Waals surface area contributed by atoms with Crippen LogP contribution in [0.4, 0.5) is 5.69 Å². The summed E-state index contributed by atoms with van der Waals surface area (Å²) >= 11 is 6.03. The fourth-order valence-corrected chi connectivity index (χ4v) is 2.34. The second-order valence-electron chi connectivity index (χ2n) is 6.48. The van der Waals surface area contributed by atoms with Gasteiger partial charge in [-0.1, -0.05) is 43.6 Å². The van der Waals surface area contributed by atoms with Gasteiger partial charge in [0, 0.05) is 18.3 Å². The minimum atomic E-state index is -0.151. The topological polar surface area (TPSA) is 77.2 Å². The lowest BCUT2D eigenvalue weighted by molar-refractivity contribution is -0.116. The van der Waals surface area contributed by atoms with Gasteiger partial charge in [-0.2, -0.15) is 4.98 Å². The lowest BCUT2D eigenvalue weighted by atomic mass is 9.96. The van der Waals surface area contributed by atoms with Crippen molar-refractivity contribution < 1.29 is 14.1 Å². The molecule has 1 N–H and O–H groups in total. The van der Waals surface area contributed by atoms with Crippen molar-refractivity contribution >= 4 is 23.2 Å². The van der Waals surface area contributed by atoms with Crippen LogP contribution < -0.4 is 10.1 Å². The molecule has 0 unspecified atom stereocenters. The van der Waals surface area contributed by atoms with Gasteiger partial charge in [-0.15, -0.1) is 0 Å². The number of nitrogens with one attached hydrogen (secondary N) is 1. The summed E-state index contributed by atoms with van der Waals surface area (Å²) in [6.07, 6.45) is 1.51. The Morgan fingerprint density at radius 1 is 1.38 bits per heavy atom. The second kappa shape index (κ2) is 7.66. The van der Waals surface area contributed by atoms with Crippen molar-refractivity contribution in [2.24, 2.45) is 0 Å². The SMILES string of the molecule is COc1c(Cl)cccc1NC(=O)CCCc1nc(C(C)(C)C)no1. The molecule has 0 saturated carbocycles. The van der Waals surface area contributed by atoms with E-state index in [-0.39, 0.29) is 11.3 Å². The Balaban J connectivity index is 1.86. The molecule has 2 aromatic rings. The number of rotatable bonds is 6. The normalized spacial score (nSPS) is 11.4. The number of nitrogens with zero attached hydrogens (tertiary/aromatic N) is 2.